The summed E-state index contributed by atoms with van der Waals surface area (Å²) >= 11 is 0. The van der Waals surface area contributed by atoms with Gasteiger partial charge in [0.2, 0.25) is 11.8 Å². The van der Waals surface area contributed by atoms with E-state index >= 15 is 0 Å². The number of hydrogen-bond acceptors (Lipinski definition) is 4. The van der Waals surface area contributed by atoms with Crippen molar-refractivity contribution in [1.29, 1.82) is 0 Å². The summed E-state index contributed by atoms with van der Waals surface area (Å²) in [4.78, 5) is 45.5. The van der Waals surface area contributed by atoms with Gasteiger partial charge in [0.1, 0.15) is 12.1 Å². The summed E-state index contributed by atoms with van der Waals surface area (Å²) in [7, 11) is 0. The molecule has 1 aromatic rings. The summed E-state index contributed by atoms with van der Waals surface area (Å²) in [5, 5.41) is 2.98. The van der Waals surface area contributed by atoms with Crippen molar-refractivity contribution < 1.29 is 14.4 Å². The average molecular weight is 485 g/mol. The molecule has 3 amide bonds. The Kier molecular flexibility index (Phi) is 9.58. The van der Waals surface area contributed by atoms with Crippen LogP contribution >= 0.6 is 0 Å². The van der Waals surface area contributed by atoms with E-state index in [1.807, 2.05) is 35.2 Å². The third-order valence-corrected chi connectivity index (χ3v) is 7.91. The molecule has 7 nitrogen and oxygen atoms in total. The van der Waals surface area contributed by atoms with E-state index in [1.165, 1.54) is 0 Å². The maximum absolute atomic E-state index is 13.8. The van der Waals surface area contributed by atoms with Crippen molar-refractivity contribution in [3.05, 3.63) is 30.3 Å². The van der Waals surface area contributed by atoms with Gasteiger partial charge in [0.25, 0.3) is 5.91 Å². The molecule has 2 aliphatic heterocycles. The quantitative estimate of drug-likeness (QED) is 0.515. The minimum atomic E-state index is -0.708. The van der Waals surface area contributed by atoms with Crippen molar-refractivity contribution in [2.24, 2.45) is 11.8 Å². The predicted octanol–water partition coefficient (Wildman–Crippen LogP) is 4.03. The van der Waals surface area contributed by atoms with Crippen LogP contribution in [0.15, 0.2) is 30.3 Å². The second-order valence-electron chi connectivity index (χ2n) is 10.3. The lowest BCUT2D eigenvalue weighted by atomic mass is 9.84. The molecule has 3 rings (SSSR count). The average Bonchev–Trinajstić information content (AvgIpc) is 3.14. The topological polar surface area (TPSA) is 73.0 Å². The molecule has 0 aliphatic carbocycles. The molecule has 1 spiro atoms. The van der Waals surface area contributed by atoms with Gasteiger partial charge in [-0.15, -0.1) is 0 Å². The van der Waals surface area contributed by atoms with Crippen molar-refractivity contribution in [3.63, 3.8) is 0 Å². The van der Waals surface area contributed by atoms with E-state index in [9.17, 15) is 14.4 Å². The van der Waals surface area contributed by atoms with E-state index < -0.39 is 5.54 Å². The number of carbonyl (C=O) groups excluding carboxylic acids is 3. The van der Waals surface area contributed by atoms with Gasteiger partial charge in [-0.2, -0.15) is 0 Å². The fraction of sp³-hybridized carbons (Fsp3) is 0.679. The van der Waals surface area contributed by atoms with Crippen LogP contribution in [-0.4, -0.2) is 65.9 Å². The lowest BCUT2D eigenvalue weighted by Crippen LogP contribution is -2.58. The number of piperidine rings is 1. The van der Waals surface area contributed by atoms with Crippen LogP contribution in [0.3, 0.4) is 0 Å². The van der Waals surface area contributed by atoms with E-state index in [4.69, 9.17) is 0 Å². The van der Waals surface area contributed by atoms with Crippen LogP contribution in [0, 0.1) is 11.8 Å². The van der Waals surface area contributed by atoms with Crippen molar-refractivity contribution in [2.75, 3.05) is 37.7 Å². The molecule has 2 saturated heterocycles. The molecule has 2 aliphatic rings. The Labute approximate surface area is 211 Å². The number of nitrogens with zero attached hydrogens (tertiary/aromatic N) is 3. The summed E-state index contributed by atoms with van der Waals surface area (Å²) in [6.45, 7) is 10.7. The third-order valence-electron chi connectivity index (χ3n) is 7.91. The molecule has 35 heavy (non-hydrogen) atoms. The molecule has 0 saturated carbocycles. The lowest BCUT2D eigenvalue weighted by molar-refractivity contribution is -0.142. The molecule has 194 valence electrons. The largest absolute Gasteiger partial charge is 0.354 e. The zero-order valence-electron chi connectivity index (χ0n) is 22.1. The number of anilines is 1. The van der Waals surface area contributed by atoms with Crippen molar-refractivity contribution in [2.45, 2.75) is 78.2 Å². The number of para-hydroxylation sites is 1. The predicted molar refractivity (Wildman–Crippen MR) is 140 cm³/mol. The second kappa shape index (κ2) is 12.4. The summed E-state index contributed by atoms with van der Waals surface area (Å²) in [5.74, 6) is 0.600. The van der Waals surface area contributed by atoms with Gasteiger partial charge in [-0.1, -0.05) is 65.2 Å². The van der Waals surface area contributed by atoms with Crippen LogP contribution in [-0.2, 0) is 14.4 Å². The van der Waals surface area contributed by atoms with E-state index in [1.54, 1.807) is 4.90 Å². The summed E-state index contributed by atoms with van der Waals surface area (Å²) < 4.78 is 0. The van der Waals surface area contributed by atoms with Crippen molar-refractivity contribution in [1.82, 2.24) is 15.1 Å². The number of amides is 3. The Morgan fingerprint density at radius 3 is 2.34 bits per heavy atom. The Morgan fingerprint density at radius 1 is 1.06 bits per heavy atom. The number of likely N-dealkylation sites (tertiary alicyclic amines) is 1. The second-order valence-corrected chi connectivity index (χ2v) is 10.3. The maximum atomic E-state index is 13.8. The van der Waals surface area contributed by atoms with E-state index in [0.29, 0.717) is 45.1 Å². The first kappa shape index (κ1) is 27.0. The molecular formula is C28H44N4O3. The summed E-state index contributed by atoms with van der Waals surface area (Å²) in [6, 6.07) is 9.98. The highest BCUT2D eigenvalue weighted by molar-refractivity contribution is 5.96. The van der Waals surface area contributed by atoms with E-state index in [0.717, 1.165) is 37.8 Å². The number of rotatable bonds is 11. The number of nitrogens with one attached hydrogen (secondary N) is 1. The first-order chi connectivity index (χ1) is 16.9. The smallest absolute Gasteiger partial charge is 0.250 e. The molecule has 0 aromatic heterocycles. The highest BCUT2D eigenvalue weighted by Gasteiger charge is 2.54. The van der Waals surface area contributed by atoms with Gasteiger partial charge in [0.05, 0.1) is 6.67 Å². The fourth-order valence-electron chi connectivity index (χ4n) is 5.29. The zero-order chi connectivity index (χ0) is 25.4. The van der Waals surface area contributed by atoms with Gasteiger partial charge in [-0.25, -0.2) is 0 Å². The molecule has 0 bridgehead atoms. The van der Waals surface area contributed by atoms with Crippen LogP contribution in [0.25, 0.3) is 0 Å². The number of benzene rings is 1. The number of carbonyl (C=O) groups is 3. The standard InChI is InChI=1S/C28H44N4O3/c1-5-8-12-23(7-3)26(34)30-17-15-28(16-18-30)27(35)31(20-25(33)29-19-22(4)6-2)21-32(28)24-13-10-9-11-14-24/h9-11,13-14,22-23H,5-8,12,15-21H2,1-4H3,(H,29,33). The van der Waals surface area contributed by atoms with Crippen LogP contribution in [0.2, 0.25) is 0 Å². The molecule has 1 N–H and O–H groups in total. The lowest BCUT2D eigenvalue weighted by Gasteiger charge is -2.44. The Hall–Kier alpha value is -2.57. The fourth-order valence-corrected chi connectivity index (χ4v) is 5.29. The molecule has 7 heteroatoms. The molecular weight excluding hydrogens is 440 g/mol. The van der Waals surface area contributed by atoms with Gasteiger partial charge in [-0.3, -0.25) is 14.4 Å². The molecule has 2 heterocycles. The van der Waals surface area contributed by atoms with Crippen LogP contribution in [0.5, 0.6) is 0 Å². The van der Waals surface area contributed by atoms with E-state index in [2.05, 4.69) is 37.9 Å². The summed E-state index contributed by atoms with van der Waals surface area (Å²) in [5.41, 5.74) is 0.276. The van der Waals surface area contributed by atoms with Gasteiger partial charge < -0.3 is 20.0 Å². The Morgan fingerprint density at radius 2 is 1.74 bits per heavy atom. The summed E-state index contributed by atoms with van der Waals surface area (Å²) in [6.07, 6.45) is 6.12. The molecule has 1 aromatic carbocycles. The highest BCUT2D eigenvalue weighted by atomic mass is 16.2. The number of unbranched alkanes of at least 4 members (excludes halogenated alkanes) is 1. The van der Waals surface area contributed by atoms with Gasteiger partial charge in [0.15, 0.2) is 0 Å². The van der Waals surface area contributed by atoms with Crippen molar-refractivity contribution in [3.8, 4) is 0 Å². The highest BCUT2D eigenvalue weighted by Crippen LogP contribution is 2.39. The maximum Gasteiger partial charge on any atom is 0.250 e. The molecule has 2 atom stereocenters. The minimum Gasteiger partial charge on any atom is -0.354 e. The van der Waals surface area contributed by atoms with Crippen LogP contribution in [0.4, 0.5) is 5.69 Å². The van der Waals surface area contributed by atoms with Crippen molar-refractivity contribution >= 4 is 23.4 Å². The zero-order valence-corrected chi connectivity index (χ0v) is 22.1. The first-order valence-corrected chi connectivity index (χ1v) is 13.5. The minimum absolute atomic E-state index is 0.00478. The first-order valence-electron chi connectivity index (χ1n) is 13.5. The third kappa shape index (κ3) is 6.17. The Bertz CT molecular complexity index is 851. The van der Waals surface area contributed by atoms with Crippen LogP contribution < -0.4 is 10.2 Å². The van der Waals surface area contributed by atoms with Crippen LogP contribution in [0.1, 0.15) is 72.6 Å². The van der Waals surface area contributed by atoms with Gasteiger partial charge in [0, 0.05) is 31.2 Å². The van der Waals surface area contributed by atoms with E-state index in [-0.39, 0.29) is 30.2 Å². The molecule has 0 radical (unpaired) electrons. The number of hydrogen-bond donors (Lipinski definition) is 1. The van der Waals surface area contributed by atoms with Gasteiger partial charge >= 0.3 is 0 Å². The monoisotopic (exact) mass is 484 g/mol. The van der Waals surface area contributed by atoms with Gasteiger partial charge in [-0.05, 0) is 43.7 Å². The molecule has 2 unspecified atom stereocenters. The normalized spacial score (nSPS) is 19.2. The SMILES string of the molecule is CCCCC(CC)C(=O)N1CCC2(CC1)C(=O)N(CC(=O)NCC(C)CC)CN2c1ccccc1. The Balaban J connectivity index is 1.74. The molecule has 2 fully saturated rings.